The predicted molar refractivity (Wildman–Crippen MR) is 109 cm³/mol. The first-order valence-corrected chi connectivity index (χ1v) is 9.90. The number of ketones is 1. The van der Waals surface area contributed by atoms with E-state index in [2.05, 4.69) is 5.32 Å². The Morgan fingerprint density at radius 2 is 1.90 bits per heavy atom. The van der Waals surface area contributed by atoms with Crippen LogP contribution in [0.3, 0.4) is 0 Å². The quantitative estimate of drug-likeness (QED) is 0.545. The van der Waals surface area contributed by atoms with Crippen LogP contribution in [0.2, 0.25) is 5.02 Å². The van der Waals surface area contributed by atoms with Crippen molar-refractivity contribution in [2.24, 2.45) is 5.73 Å². The van der Waals surface area contributed by atoms with Gasteiger partial charge in [-0.25, -0.2) is 4.39 Å². The molecular weight excluding hydrogens is 395 g/mol. The Kier molecular flexibility index (Phi) is 6.36. The molecule has 0 aliphatic heterocycles. The molecule has 1 aliphatic carbocycles. The first-order valence-electron chi connectivity index (χ1n) is 9.52. The van der Waals surface area contributed by atoms with Crippen LogP contribution in [0.5, 0.6) is 0 Å². The summed E-state index contributed by atoms with van der Waals surface area (Å²) in [6.45, 7) is 2.20. The van der Waals surface area contributed by atoms with Crippen LogP contribution in [-0.2, 0) is 16.8 Å². The number of rotatable bonds is 9. The Hall–Kier alpha value is -2.28. The summed E-state index contributed by atoms with van der Waals surface area (Å²) in [6, 6.07) is 9.42. The number of nitrogens with two attached hydrogens (primary N) is 1. The lowest BCUT2D eigenvalue weighted by Crippen LogP contribution is -2.37. The van der Waals surface area contributed by atoms with Gasteiger partial charge in [-0.05, 0) is 37.0 Å². The van der Waals surface area contributed by atoms with Crippen molar-refractivity contribution in [2.45, 2.75) is 44.2 Å². The van der Waals surface area contributed by atoms with E-state index in [9.17, 15) is 9.59 Å². The first-order chi connectivity index (χ1) is 13.8. The molecule has 0 radical (unpaired) electrons. The van der Waals surface area contributed by atoms with Crippen LogP contribution in [-0.4, -0.2) is 29.4 Å². The maximum absolute atomic E-state index is 15.4. The van der Waals surface area contributed by atoms with Crippen LogP contribution in [0.1, 0.15) is 53.2 Å². The Morgan fingerprint density at radius 1 is 1.24 bits per heavy atom. The van der Waals surface area contributed by atoms with E-state index in [1.165, 1.54) is 0 Å². The second-order valence-electron chi connectivity index (χ2n) is 7.70. The van der Waals surface area contributed by atoms with Crippen LogP contribution >= 0.6 is 11.6 Å². The minimum absolute atomic E-state index is 0.0633. The minimum atomic E-state index is -0.601. The van der Waals surface area contributed by atoms with E-state index >= 15 is 4.39 Å². The number of benzene rings is 2. The molecule has 1 atom stereocenters. The molecular formula is C22H24ClFN2O3. The SMILES string of the molecule is C[C@H](CC(N)=O)NCC1(c2ccc(Cl)c(C(=O)c3ccc(CO)cc3)c2F)CC1. The maximum atomic E-state index is 15.4. The van der Waals surface area contributed by atoms with Gasteiger partial charge in [0.15, 0.2) is 5.78 Å². The number of aliphatic hydroxyl groups excluding tert-OH is 1. The van der Waals surface area contributed by atoms with Crippen molar-refractivity contribution in [3.8, 4) is 0 Å². The van der Waals surface area contributed by atoms with Gasteiger partial charge in [-0.2, -0.15) is 0 Å². The molecule has 4 N–H and O–H groups in total. The van der Waals surface area contributed by atoms with Gasteiger partial charge < -0.3 is 16.2 Å². The number of carbonyl (C=O) groups excluding carboxylic acids is 2. The Balaban J connectivity index is 1.86. The third kappa shape index (κ3) is 4.66. The van der Waals surface area contributed by atoms with E-state index < -0.39 is 22.9 Å². The zero-order chi connectivity index (χ0) is 21.2. The van der Waals surface area contributed by atoms with Gasteiger partial charge in [0.1, 0.15) is 5.82 Å². The van der Waals surface area contributed by atoms with Gasteiger partial charge >= 0.3 is 0 Å². The van der Waals surface area contributed by atoms with Gasteiger partial charge in [-0.15, -0.1) is 0 Å². The van der Waals surface area contributed by atoms with Crippen LogP contribution in [0.15, 0.2) is 36.4 Å². The van der Waals surface area contributed by atoms with Gasteiger partial charge in [0.05, 0.1) is 17.2 Å². The number of hydrogen-bond donors (Lipinski definition) is 3. The second-order valence-corrected chi connectivity index (χ2v) is 8.11. The van der Waals surface area contributed by atoms with Crippen LogP contribution in [0, 0.1) is 5.82 Å². The largest absolute Gasteiger partial charge is 0.392 e. The second kappa shape index (κ2) is 8.61. The Morgan fingerprint density at radius 3 is 2.45 bits per heavy atom. The van der Waals surface area contributed by atoms with Gasteiger partial charge in [0, 0.05) is 30.0 Å². The zero-order valence-corrected chi connectivity index (χ0v) is 16.9. The molecule has 29 heavy (non-hydrogen) atoms. The Bertz CT molecular complexity index is 926. The van der Waals surface area contributed by atoms with Crippen molar-refractivity contribution >= 4 is 23.3 Å². The number of primary amides is 1. The van der Waals surface area contributed by atoms with Crippen molar-refractivity contribution in [1.29, 1.82) is 0 Å². The van der Waals surface area contributed by atoms with E-state index in [-0.39, 0.29) is 29.7 Å². The standard InChI is InChI=1S/C22H24ClFN2O3/c1-13(10-18(25)28)26-12-22(8-9-22)16-6-7-17(23)19(20(16)24)21(29)15-4-2-14(11-27)3-5-15/h2-7,13,26-27H,8-12H2,1H3,(H2,25,28)/t13-/m1/s1. The van der Waals surface area contributed by atoms with Crippen molar-refractivity contribution in [3.05, 3.63) is 69.5 Å². The molecule has 7 heteroatoms. The fourth-order valence-electron chi connectivity index (χ4n) is 3.51. The molecule has 2 aromatic carbocycles. The highest BCUT2D eigenvalue weighted by atomic mass is 35.5. The average Bonchev–Trinajstić information content (AvgIpc) is 3.47. The third-order valence-electron chi connectivity index (χ3n) is 5.44. The molecule has 0 bridgehead atoms. The lowest BCUT2D eigenvalue weighted by molar-refractivity contribution is -0.118. The fraction of sp³-hybridized carbons (Fsp3) is 0.364. The monoisotopic (exact) mass is 418 g/mol. The smallest absolute Gasteiger partial charge is 0.218 e. The molecule has 1 amide bonds. The summed E-state index contributed by atoms with van der Waals surface area (Å²) in [4.78, 5) is 24.0. The molecule has 0 saturated heterocycles. The molecule has 154 valence electrons. The van der Waals surface area contributed by atoms with E-state index in [1.54, 1.807) is 36.4 Å². The van der Waals surface area contributed by atoms with Crippen LogP contribution in [0.25, 0.3) is 0 Å². The van der Waals surface area contributed by atoms with Crippen molar-refractivity contribution in [2.75, 3.05) is 6.54 Å². The topological polar surface area (TPSA) is 92.4 Å². The summed E-state index contributed by atoms with van der Waals surface area (Å²) < 4.78 is 15.4. The third-order valence-corrected chi connectivity index (χ3v) is 5.75. The molecule has 0 aromatic heterocycles. The highest BCUT2D eigenvalue weighted by molar-refractivity contribution is 6.35. The minimum Gasteiger partial charge on any atom is -0.392 e. The van der Waals surface area contributed by atoms with E-state index in [0.29, 0.717) is 23.2 Å². The summed E-state index contributed by atoms with van der Waals surface area (Å²) in [7, 11) is 0. The number of carbonyl (C=O) groups is 2. The predicted octanol–water partition coefficient (Wildman–Crippen LogP) is 3.09. The average molecular weight is 419 g/mol. The number of hydrogen-bond acceptors (Lipinski definition) is 4. The molecule has 1 fully saturated rings. The molecule has 2 aromatic rings. The van der Waals surface area contributed by atoms with Gasteiger partial charge in [0.25, 0.3) is 0 Å². The summed E-state index contributed by atoms with van der Waals surface area (Å²) in [5, 5.41) is 12.4. The van der Waals surface area contributed by atoms with Crippen molar-refractivity contribution < 1.29 is 19.1 Å². The molecule has 0 unspecified atom stereocenters. The molecule has 1 saturated carbocycles. The van der Waals surface area contributed by atoms with Crippen molar-refractivity contribution in [3.63, 3.8) is 0 Å². The highest BCUT2D eigenvalue weighted by Crippen LogP contribution is 2.49. The van der Waals surface area contributed by atoms with Gasteiger partial charge in [0.2, 0.25) is 5.91 Å². The number of amides is 1. The highest BCUT2D eigenvalue weighted by Gasteiger charge is 2.46. The summed E-state index contributed by atoms with van der Waals surface area (Å²) in [5.74, 6) is -1.49. The van der Waals surface area contributed by atoms with E-state index in [4.69, 9.17) is 22.4 Å². The number of nitrogens with one attached hydrogen (secondary N) is 1. The van der Waals surface area contributed by atoms with Gasteiger partial charge in [-0.3, -0.25) is 9.59 Å². The summed E-state index contributed by atoms with van der Waals surface area (Å²) in [5.41, 5.74) is 6.08. The summed E-state index contributed by atoms with van der Waals surface area (Å²) >= 11 is 6.19. The van der Waals surface area contributed by atoms with Gasteiger partial charge in [-0.1, -0.05) is 41.9 Å². The summed E-state index contributed by atoms with van der Waals surface area (Å²) in [6.07, 6.45) is 1.76. The maximum Gasteiger partial charge on any atom is 0.218 e. The fourth-order valence-corrected chi connectivity index (χ4v) is 3.74. The molecule has 5 nitrogen and oxygen atoms in total. The zero-order valence-electron chi connectivity index (χ0n) is 16.2. The lowest BCUT2D eigenvalue weighted by atomic mass is 9.90. The van der Waals surface area contributed by atoms with E-state index in [1.807, 2.05) is 6.92 Å². The number of halogens is 2. The van der Waals surface area contributed by atoms with Crippen molar-refractivity contribution in [1.82, 2.24) is 5.32 Å². The normalized spacial score (nSPS) is 15.7. The molecule has 0 spiro atoms. The first kappa shape index (κ1) is 21.4. The molecule has 1 aliphatic rings. The van der Waals surface area contributed by atoms with Crippen LogP contribution in [0.4, 0.5) is 4.39 Å². The van der Waals surface area contributed by atoms with Crippen LogP contribution < -0.4 is 11.1 Å². The molecule has 0 heterocycles. The Labute approximate surface area is 174 Å². The number of aliphatic hydroxyl groups is 1. The lowest BCUT2D eigenvalue weighted by Gasteiger charge is -2.22. The van der Waals surface area contributed by atoms with E-state index in [0.717, 1.165) is 12.8 Å². The molecule has 3 rings (SSSR count).